The number of carboxylic acids is 2. The Morgan fingerprint density at radius 1 is 0.958 bits per heavy atom. The number of nitrogens with one attached hydrogen (secondary N) is 3. The summed E-state index contributed by atoms with van der Waals surface area (Å²) in [6.45, 7) is -1.71. The van der Waals surface area contributed by atoms with Crippen LogP contribution in [0.2, 0.25) is 0 Å². The molecule has 136 valence electrons. The van der Waals surface area contributed by atoms with E-state index in [1.54, 1.807) is 0 Å². The molecule has 12 nitrogen and oxygen atoms in total. The molecule has 0 bridgehead atoms. The molecule has 0 aliphatic rings. The summed E-state index contributed by atoms with van der Waals surface area (Å²) in [7, 11) is 0. The zero-order chi connectivity index (χ0) is 18.7. The SMILES string of the molecule is NCC(=O)NCC(=O)N[C@@H](CCC(=O)O)C(=O)N[C@@H](CO)C(=O)O. The molecule has 0 rings (SSSR count). The number of hydrogen-bond donors (Lipinski definition) is 7. The van der Waals surface area contributed by atoms with Crippen LogP contribution in [-0.2, 0) is 24.0 Å². The van der Waals surface area contributed by atoms with Gasteiger partial charge in [-0.3, -0.25) is 19.2 Å². The van der Waals surface area contributed by atoms with E-state index in [1.165, 1.54) is 0 Å². The Labute approximate surface area is 136 Å². The van der Waals surface area contributed by atoms with E-state index in [1.807, 2.05) is 5.32 Å². The minimum Gasteiger partial charge on any atom is -0.481 e. The Morgan fingerprint density at radius 2 is 1.58 bits per heavy atom. The van der Waals surface area contributed by atoms with Gasteiger partial charge in [0.15, 0.2) is 0 Å². The van der Waals surface area contributed by atoms with Crippen molar-refractivity contribution >= 4 is 29.7 Å². The highest BCUT2D eigenvalue weighted by Crippen LogP contribution is 1.99. The fourth-order valence-corrected chi connectivity index (χ4v) is 1.49. The predicted molar refractivity (Wildman–Crippen MR) is 77.5 cm³/mol. The van der Waals surface area contributed by atoms with Crippen molar-refractivity contribution in [2.75, 3.05) is 19.7 Å². The van der Waals surface area contributed by atoms with Gasteiger partial charge in [-0.25, -0.2) is 4.79 Å². The van der Waals surface area contributed by atoms with Gasteiger partial charge in [0.05, 0.1) is 19.7 Å². The molecule has 0 aliphatic carbocycles. The van der Waals surface area contributed by atoms with Crippen molar-refractivity contribution in [3.8, 4) is 0 Å². The van der Waals surface area contributed by atoms with Gasteiger partial charge in [-0.1, -0.05) is 0 Å². The molecule has 0 saturated heterocycles. The molecule has 0 spiro atoms. The second kappa shape index (κ2) is 10.9. The molecule has 12 heteroatoms. The Balaban J connectivity index is 4.79. The normalized spacial score (nSPS) is 12.6. The van der Waals surface area contributed by atoms with Crippen LogP contribution in [0.1, 0.15) is 12.8 Å². The van der Waals surface area contributed by atoms with Crippen LogP contribution in [0.15, 0.2) is 0 Å². The maximum absolute atomic E-state index is 12.0. The van der Waals surface area contributed by atoms with Gasteiger partial charge in [0.25, 0.3) is 0 Å². The van der Waals surface area contributed by atoms with E-state index in [4.69, 9.17) is 21.1 Å². The molecule has 0 heterocycles. The lowest BCUT2D eigenvalue weighted by molar-refractivity contribution is -0.144. The zero-order valence-electron chi connectivity index (χ0n) is 12.7. The lowest BCUT2D eigenvalue weighted by Gasteiger charge is -2.20. The molecule has 0 aromatic rings. The molecule has 0 fully saturated rings. The van der Waals surface area contributed by atoms with Gasteiger partial charge in [-0.05, 0) is 6.42 Å². The maximum Gasteiger partial charge on any atom is 0.328 e. The highest BCUT2D eigenvalue weighted by atomic mass is 16.4. The van der Waals surface area contributed by atoms with E-state index >= 15 is 0 Å². The van der Waals surface area contributed by atoms with Crippen molar-refractivity contribution in [2.45, 2.75) is 24.9 Å². The standard InChI is InChI=1S/C12H20N4O8/c13-3-8(18)14-4-9(19)15-6(1-2-10(20)21)11(22)16-7(5-17)12(23)24/h6-7,17H,1-5,13H2,(H,14,18)(H,15,19)(H,16,22)(H,20,21)(H,23,24)/t6-,7-/m0/s1. The minimum absolute atomic E-state index is 0.310. The van der Waals surface area contributed by atoms with E-state index in [0.717, 1.165) is 0 Å². The van der Waals surface area contributed by atoms with Gasteiger partial charge < -0.3 is 37.0 Å². The van der Waals surface area contributed by atoms with Crippen LogP contribution in [-0.4, -0.2) is 76.8 Å². The number of aliphatic carboxylic acids is 2. The first-order valence-electron chi connectivity index (χ1n) is 6.83. The maximum atomic E-state index is 12.0. The summed E-state index contributed by atoms with van der Waals surface area (Å²) in [6.07, 6.45) is -0.778. The average molecular weight is 348 g/mol. The van der Waals surface area contributed by atoms with Crippen LogP contribution in [0, 0.1) is 0 Å². The van der Waals surface area contributed by atoms with Crippen LogP contribution in [0.5, 0.6) is 0 Å². The van der Waals surface area contributed by atoms with Gasteiger partial charge >= 0.3 is 11.9 Å². The number of hydrogen-bond acceptors (Lipinski definition) is 7. The van der Waals surface area contributed by atoms with Crippen LogP contribution >= 0.6 is 0 Å². The summed E-state index contributed by atoms with van der Waals surface area (Å²) in [6, 6.07) is -2.95. The molecular weight excluding hydrogens is 328 g/mol. The quantitative estimate of drug-likeness (QED) is 0.193. The largest absolute Gasteiger partial charge is 0.481 e. The number of amides is 3. The Kier molecular flexibility index (Phi) is 9.67. The lowest BCUT2D eigenvalue weighted by atomic mass is 10.1. The summed E-state index contributed by atoms with van der Waals surface area (Å²) in [5, 5.41) is 32.6. The molecule has 3 amide bonds. The van der Waals surface area contributed by atoms with Crippen molar-refractivity contribution in [3.63, 3.8) is 0 Å². The minimum atomic E-state index is -1.60. The van der Waals surface area contributed by atoms with Crippen LogP contribution in [0.3, 0.4) is 0 Å². The lowest BCUT2D eigenvalue weighted by Crippen LogP contribution is -2.54. The van der Waals surface area contributed by atoms with Crippen molar-refractivity contribution in [2.24, 2.45) is 5.73 Å². The van der Waals surface area contributed by atoms with Gasteiger partial charge in [0.2, 0.25) is 17.7 Å². The van der Waals surface area contributed by atoms with Gasteiger partial charge in [-0.2, -0.15) is 0 Å². The molecule has 24 heavy (non-hydrogen) atoms. The fourth-order valence-electron chi connectivity index (χ4n) is 1.49. The third kappa shape index (κ3) is 8.65. The van der Waals surface area contributed by atoms with E-state index in [0.29, 0.717) is 0 Å². The third-order valence-electron chi connectivity index (χ3n) is 2.73. The van der Waals surface area contributed by atoms with Gasteiger partial charge in [0.1, 0.15) is 12.1 Å². The van der Waals surface area contributed by atoms with E-state index < -0.39 is 61.3 Å². The number of carbonyl (C=O) groups excluding carboxylic acids is 3. The van der Waals surface area contributed by atoms with Crippen molar-refractivity contribution in [3.05, 3.63) is 0 Å². The fraction of sp³-hybridized carbons (Fsp3) is 0.583. The van der Waals surface area contributed by atoms with E-state index in [9.17, 15) is 24.0 Å². The number of aliphatic hydroxyl groups is 1. The molecular formula is C12H20N4O8. The first-order chi connectivity index (χ1) is 11.2. The van der Waals surface area contributed by atoms with Crippen LogP contribution in [0.4, 0.5) is 0 Å². The van der Waals surface area contributed by atoms with Crippen LogP contribution in [0.25, 0.3) is 0 Å². The molecule has 0 unspecified atom stereocenters. The second-order valence-electron chi connectivity index (χ2n) is 4.62. The zero-order valence-corrected chi connectivity index (χ0v) is 12.7. The molecule has 8 N–H and O–H groups in total. The summed E-state index contributed by atoms with van der Waals surface area (Å²) < 4.78 is 0. The molecule has 0 saturated carbocycles. The molecule has 0 radical (unpaired) electrons. The highest BCUT2D eigenvalue weighted by Gasteiger charge is 2.26. The smallest absolute Gasteiger partial charge is 0.328 e. The molecule has 0 aromatic carbocycles. The number of nitrogens with two attached hydrogens (primary N) is 1. The van der Waals surface area contributed by atoms with Crippen LogP contribution < -0.4 is 21.7 Å². The first kappa shape index (κ1) is 21.3. The monoisotopic (exact) mass is 348 g/mol. The highest BCUT2D eigenvalue weighted by molar-refractivity contribution is 5.92. The van der Waals surface area contributed by atoms with Gasteiger partial charge in [0, 0.05) is 6.42 Å². The topological polar surface area (TPSA) is 208 Å². The summed E-state index contributed by atoms with van der Waals surface area (Å²) in [5.74, 6) is -5.10. The first-order valence-corrected chi connectivity index (χ1v) is 6.83. The Bertz CT molecular complexity index is 495. The third-order valence-corrected chi connectivity index (χ3v) is 2.73. The number of aliphatic hydroxyl groups excluding tert-OH is 1. The van der Waals surface area contributed by atoms with E-state index in [2.05, 4.69) is 10.6 Å². The Hall–Kier alpha value is -2.73. The number of carbonyl (C=O) groups is 5. The summed E-state index contributed by atoms with van der Waals surface area (Å²) in [5.41, 5.74) is 5.03. The summed E-state index contributed by atoms with van der Waals surface area (Å²) >= 11 is 0. The van der Waals surface area contributed by atoms with Crippen molar-refractivity contribution < 1.29 is 39.3 Å². The van der Waals surface area contributed by atoms with Crippen molar-refractivity contribution in [1.82, 2.24) is 16.0 Å². The number of rotatable bonds is 11. The molecule has 0 aliphatic heterocycles. The molecule has 0 aromatic heterocycles. The number of carboxylic acid groups (broad SMARTS) is 2. The van der Waals surface area contributed by atoms with Crippen molar-refractivity contribution in [1.29, 1.82) is 0 Å². The van der Waals surface area contributed by atoms with Gasteiger partial charge in [-0.15, -0.1) is 0 Å². The Morgan fingerprint density at radius 3 is 2.04 bits per heavy atom. The van der Waals surface area contributed by atoms with E-state index in [-0.39, 0.29) is 13.0 Å². The predicted octanol–water partition coefficient (Wildman–Crippen LogP) is -4.03. The second-order valence-corrected chi connectivity index (χ2v) is 4.62. The average Bonchev–Trinajstić information content (AvgIpc) is 2.53. The molecule has 2 atom stereocenters. The summed E-state index contributed by atoms with van der Waals surface area (Å²) in [4.78, 5) is 55.9.